The first-order valence-corrected chi connectivity index (χ1v) is 9.66. The topological polar surface area (TPSA) is 67.9 Å². The molecule has 2 amide bonds. The lowest BCUT2D eigenvalue weighted by molar-refractivity contribution is -0.135. The summed E-state index contributed by atoms with van der Waals surface area (Å²) < 4.78 is 10.7. The number of nitrogens with zero attached hydrogens (tertiary/aromatic N) is 1. The number of benzene rings is 1. The second-order valence-corrected chi connectivity index (χ2v) is 8.58. The smallest absolute Gasteiger partial charge is 0.407 e. The molecule has 0 aromatic heterocycles. The van der Waals surface area contributed by atoms with E-state index in [4.69, 9.17) is 9.47 Å². The Morgan fingerprint density at radius 1 is 1.22 bits per heavy atom. The van der Waals surface area contributed by atoms with Gasteiger partial charge in [0.05, 0.1) is 13.2 Å². The largest absolute Gasteiger partial charge is 0.497 e. The summed E-state index contributed by atoms with van der Waals surface area (Å²) in [4.78, 5) is 27.0. The Morgan fingerprint density at radius 2 is 1.89 bits per heavy atom. The van der Waals surface area contributed by atoms with Crippen molar-refractivity contribution in [3.63, 3.8) is 0 Å². The van der Waals surface area contributed by atoms with Crippen LogP contribution in [0.1, 0.15) is 51.5 Å². The van der Waals surface area contributed by atoms with E-state index >= 15 is 0 Å². The van der Waals surface area contributed by atoms with Crippen LogP contribution < -0.4 is 10.1 Å². The van der Waals surface area contributed by atoms with Crippen molar-refractivity contribution in [2.24, 2.45) is 5.92 Å². The quantitative estimate of drug-likeness (QED) is 0.859. The van der Waals surface area contributed by atoms with Gasteiger partial charge in [-0.25, -0.2) is 4.79 Å². The minimum absolute atomic E-state index is 0.0774. The van der Waals surface area contributed by atoms with Gasteiger partial charge >= 0.3 is 6.09 Å². The number of carbonyl (C=O) groups excluding carboxylic acids is 2. The Kier molecular flexibility index (Phi) is 5.63. The molecule has 3 rings (SSSR count). The molecule has 27 heavy (non-hydrogen) atoms. The monoisotopic (exact) mass is 374 g/mol. The van der Waals surface area contributed by atoms with Crippen molar-refractivity contribution >= 4 is 12.0 Å². The molecular formula is C21H30N2O4. The molecule has 1 saturated carbocycles. The van der Waals surface area contributed by atoms with Gasteiger partial charge in [-0.15, -0.1) is 0 Å². The van der Waals surface area contributed by atoms with Gasteiger partial charge in [-0.05, 0) is 57.2 Å². The van der Waals surface area contributed by atoms with Gasteiger partial charge in [-0.2, -0.15) is 0 Å². The number of nitrogens with one attached hydrogen (secondary N) is 1. The van der Waals surface area contributed by atoms with Gasteiger partial charge in [0.25, 0.3) is 0 Å². The van der Waals surface area contributed by atoms with Crippen LogP contribution in [0.15, 0.2) is 24.3 Å². The first kappa shape index (κ1) is 19.5. The molecule has 2 atom stereocenters. The van der Waals surface area contributed by atoms with E-state index in [2.05, 4.69) is 5.32 Å². The van der Waals surface area contributed by atoms with Gasteiger partial charge in [0.15, 0.2) is 0 Å². The summed E-state index contributed by atoms with van der Waals surface area (Å²) >= 11 is 0. The van der Waals surface area contributed by atoms with E-state index in [1.54, 1.807) is 7.11 Å². The Hall–Kier alpha value is -2.24. The fourth-order valence-corrected chi connectivity index (χ4v) is 3.52. The zero-order valence-electron chi connectivity index (χ0n) is 16.7. The molecule has 2 fully saturated rings. The summed E-state index contributed by atoms with van der Waals surface area (Å²) in [5, 5.41) is 3.01. The minimum Gasteiger partial charge on any atom is -0.497 e. The van der Waals surface area contributed by atoms with E-state index in [1.165, 1.54) is 12.8 Å². The van der Waals surface area contributed by atoms with E-state index in [0.29, 0.717) is 18.9 Å². The Morgan fingerprint density at radius 3 is 2.44 bits per heavy atom. The normalized spacial score (nSPS) is 23.1. The molecule has 148 valence electrons. The van der Waals surface area contributed by atoms with Crippen LogP contribution in [-0.4, -0.2) is 48.7 Å². The molecule has 2 aliphatic rings. The number of ether oxygens (including phenoxy) is 2. The lowest BCUT2D eigenvalue weighted by Gasteiger charge is -2.39. The maximum absolute atomic E-state index is 12.7. The van der Waals surface area contributed by atoms with Crippen LogP contribution in [0.5, 0.6) is 5.75 Å². The Labute approximate surface area is 161 Å². The second-order valence-electron chi connectivity index (χ2n) is 8.58. The number of amides is 2. The van der Waals surface area contributed by atoms with Crippen molar-refractivity contribution < 1.29 is 19.1 Å². The predicted octanol–water partition coefficient (Wildman–Crippen LogP) is 3.31. The number of piperidine rings is 1. The van der Waals surface area contributed by atoms with Crippen LogP contribution in [0.25, 0.3) is 0 Å². The predicted molar refractivity (Wildman–Crippen MR) is 103 cm³/mol. The van der Waals surface area contributed by atoms with Crippen molar-refractivity contribution in [2.75, 3.05) is 20.2 Å². The van der Waals surface area contributed by atoms with Gasteiger partial charge in [0.2, 0.25) is 5.91 Å². The lowest BCUT2D eigenvalue weighted by atomic mass is 9.84. The molecule has 0 spiro atoms. The van der Waals surface area contributed by atoms with Gasteiger partial charge in [0.1, 0.15) is 11.4 Å². The molecule has 6 nitrogen and oxygen atoms in total. The average molecular weight is 374 g/mol. The summed E-state index contributed by atoms with van der Waals surface area (Å²) in [5.74, 6) is 1.47. The highest BCUT2D eigenvalue weighted by Gasteiger charge is 2.38. The summed E-state index contributed by atoms with van der Waals surface area (Å²) in [6, 6.07) is 7.54. The lowest BCUT2D eigenvalue weighted by Crippen LogP contribution is -2.54. The molecule has 1 aromatic rings. The SMILES string of the molecule is COc1ccc(C2CC(=O)N(CC3CC3)CC2NC(=O)OC(C)(C)C)cc1. The van der Waals surface area contributed by atoms with Crippen LogP contribution in [0.4, 0.5) is 4.79 Å². The molecule has 2 unspecified atom stereocenters. The van der Waals surface area contributed by atoms with E-state index < -0.39 is 11.7 Å². The highest BCUT2D eigenvalue weighted by molar-refractivity contribution is 5.79. The van der Waals surface area contributed by atoms with E-state index in [0.717, 1.165) is 17.9 Å². The van der Waals surface area contributed by atoms with Gasteiger partial charge in [0, 0.05) is 25.4 Å². The van der Waals surface area contributed by atoms with Crippen LogP contribution in [0.3, 0.4) is 0 Å². The Balaban J connectivity index is 1.76. The maximum atomic E-state index is 12.7. The molecule has 1 aromatic carbocycles. The van der Waals surface area contributed by atoms with Crippen molar-refractivity contribution in [2.45, 2.75) is 57.6 Å². The fraction of sp³-hybridized carbons (Fsp3) is 0.619. The number of carbonyl (C=O) groups is 2. The fourth-order valence-electron chi connectivity index (χ4n) is 3.52. The average Bonchev–Trinajstić information content (AvgIpc) is 3.40. The van der Waals surface area contributed by atoms with E-state index in [-0.39, 0.29) is 17.9 Å². The Bertz CT molecular complexity index is 676. The van der Waals surface area contributed by atoms with Gasteiger partial charge in [-0.3, -0.25) is 4.79 Å². The molecule has 1 saturated heterocycles. The maximum Gasteiger partial charge on any atom is 0.407 e. The summed E-state index contributed by atoms with van der Waals surface area (Å²) in [5.41, 5.74) is 0.467. The minimum atomic E-state index is -0.558. The van der Waals surface area contributed by atoms with Crippen molar-refractivity contribution in [1.82, 2.24) is 10.2 Å². The third-order valence-corrected chi connectivity index (χ3v) is 5.07. The van der Waals surface area contributed by atoms with Crippen LogP contribution >= 0.6 is 0 Å². The zero-order chi connectivity index (χ0) is 19.6. The first-order valence-electron chi connectivity index (χ1n) is 9.66. The van der Waals surface area contributed by atoms with Crippen LogP contribution in [-0.2, 0) is 9.53 Å². The number of alkyl carbamates (subject to hydrolysis) is 1. The summed E-state index contributed by atoms with van der Waals surface area (Å²) in [7, 11) is 1.63. The molecule has 1 aliphatic carbocycles. The third kappa shape index (κ3) is 5.37. The highest BCUT2D eigenvalue weighted by Crippen LogP contribution is 2.34. The van der Waals surface area contributed by atoms with E-state index in [1.807, 2.05) is 49.9 Å². The van der Waals surface area contributed by atoms with Crippen LogP contribution in [0.2, 0.25) is 0 Å². The standard InChI is InChI=1S/C21H30N2O4/c1-21(2,3)27-20(25)22-18-13-23(12-14-5-6-14)19(24)11-17(18)15-7-9-16(26-4)10-8-15/h7-10,14,17-18H,5-6,11-13H2,1-4H3,(H,22,25). The molecule has 1 N–H and O–H groups in total. The molecule has 1 heterocycles. The number of hydrogen-bond donors (Lipinski definition) is 1. The first-order chi connectivity index (χ1) is 12.7. The molecule has 1 aliphatic heterocycles. The van der Waals surface area contributed by atoms with Gasteiger partial charge < -0.3 is 19.7 Å². The zero-order valence-corrected chi connectivity index (χ0v) is 16.7. The summed E-state index contributed by atoms with van der Waals surface area (Å²) in [6.07, 6.45) is 2.33. The van der Waals surface area contributed by atoms with Gasteiger partial charge in [-0.1, -0.05) is 12.1 Å². The molecular weight excluding hydrogens is 344 g/mol. The molecule has 6 heteroatoms. The summed E-state index contributed by atoms with van der Waals surface area (Å²) in [6.45, 7) is 6.85. The van der Waals surface area contributed by atoms with Crippen molar-refractivity contribution in [3.8, 4) is 5.75 Å². The van der Waals surface area contributed by atoms with Crippen molar-refractivity contribution in [1.29, 1.82) is 0 Å². The molecule has 0 radical (unpaired) electrons. The van der Waals surface area contributed by atoms with Crippen LogP contribution in [0, 0.1) is 5.92 Å². The number of hydrogen-bond acceptors (Lipinski definition) is 4. The third-order valence-electron chi connectivity index (χ3n) is 5.07. The number of methoxy groups -OCH3 is 1. The second kappa shape index (κ2) is 7.79. The van der Waals surface area contributed by atoms with E-state index in [9.17, 15) is 9.59 Å². The van der Waals surface area contributed by atoms with Crippen molar-refractivity contribution in [3.05, 3.63) is 29.8 Å². The number of likely N-dealkylation sites (tertiary alicyclic amines) is 1. The highest BCUT2D eigenvalue weighted by atomic mass is 16.6. The number of rotatable bonds is 5. The molecule has 0 bridgehead atoms.